The summed E-state index contributed by atoms with van der Waals surface area (Å²) in [6, 6.07) is 0.427. The Hall–Kier alpha value is -1.89. The van der Waals surface area contributed by atoms with Gasteiger partial charge >= 0.3 is 6.01 Å². The lowest BCUT2D eigenvalue weighted by atomic mass is 10.0. The van der Waals surface area contributed by atoms with Gasteiger partial charge in [0, 0.05) is 25.7 Å². The first-order chi connectivity index (χ1) is 11.9. The zero-order valence-corrected chi connectivity index (χ0v) is 15.4. The number of nitrogens with zero attached hydrogens (tertiary/aromatic N) is 3. The van der Waals surface area contributed by atoms with Crippen LogP contribution in [0.15, 0.2) is 0 Å². The van der Waals surface area contributed by atoms with Gasteiger partial charge in [0.2, 0.25) is 0 Å². The molecule has 0 spiro atoms. The number of rotatable bonds is 6. The van der Waals surface area contributed by atoms with E-state index in [0.29, 0.717) is 17.1 Å². The third kappa shape index (κ3) is 4.81. The molecular formula is C18H29N5O2. The molecule has 25 heavy (non-hydrogen) atoms. The molecule has 0 bridgehead atoms. The van der Waals surface area contributed by atoms with E-state index in [4.69, 9.17) is 10.5 Å². The Balaban J connectivity index is 1.46. The molecule has 1 aliphatic carbocycles. The van der Waals surface area contributed by atoms with Crippen molar-refractivity contribution in [3.63, 3.8) is 0 Å². The number of amides is 1. The maximum Gasteiger partial charge on any atom is 0.317 e. The van der Waals surface area contributed by atoms with Crippen LogP contribution in [0, 0.1) is 19.8 Å². The summed E-state index contributed by atoms with van der Waals surface area (Å²) in [6.45, 7) is 8.69. The summed E-state index contributed by atoms with van der Waals surface area (Å²) in [4.78, 5) is 23.3. The smallest absolute Gasteiger partial charge is 0.317 e. The van der Waals surface area contributed by atoms with Gasteiger partial charge in [0.25, 0.3) is 5.91 Å². The highest BCUT2D eigenvalue weighted by atomic mass is 16.5. The number of anilines is 1. The zero-order valence-electron chi connectivity index (χ0n) is 15.4. The Labute approximate surface area is 149 Å². The lowest BCUT2D eigenvalue weighted by Gasteiger charge is -2.32. The van der Waals surface area contributed by atoms with E-state index >= 15 is 0 Å². The molecule has 0 aromatic carbocycles. The van der Waals surface area contributed by atoms with Gasteiger partial charge in [-0.1, -0.05) is 0 Å². The quantitative estimate of drug-likeness (QED) is 0.809. The highest BCUT2D eigenvalue weighted by molar-refractivity contribution is 5.80. The molecule has 7 nitrogen and oxygen atoms in total. The molecule has 3 rings (SSSR count). The van der Waals surface area contributed by atoms with Crippen molar-refractivity contribution in [2.24, 2.45) is 5.92 Å². The van der Waals surface area contributed by atoms with Crippen molar-refractivity contribution in [2.45, 2.75) is 58.6 Å². The van der Waals surface area contributed by atoms with Gasteiger partial charge in [-0.25, -0.2) is 0 Å². The number of nitrogens with two attached hydrogens (primary N) is 1. The fourth-order valence-corrected chi connectivity index (χ4v) is 3.20. The normalized spacial score (nSPS) is 20.3. The Morgan fingerprint density at radius 3 is 2.40 bits per heavy atom. The minimum atomic E-state index is -0.632. The summed E-state index contributed by atoms with van der Waals surface area (Å²) in [6.07, 6.45) is 4.14. The van der Waals surface area contributed by atoms with Gasteiger partial charge in [0.05, 0.1) is 17.1 Å². The van der Waals surface area contributed by atoms with Crippen molar-refractivity contribution in [2.75, 3.05) is 25.4 Å². The fraction of sp³-hybridized carbons (Fsp3) is 0.722. The van der Waals surface area contributed by atoms with Crippen LogP contribution in [0.3, 0.4) is 0 Å². The lowest BCUT2D eigenvalue weighted by Crippen LogP contribution is -2.48. The van der Waals surface area contributed by atoms with Crippen LogP contribution in [0.5, 0.6) is 6.01 Å². The van der Waals surface area contributed by atoms with Crippen molar-refractivity contribution in [3.8, 4) is 6.01 Å². The summed E-state index contributed by atoms with van der Waals surface area (Å²) in [5, 5.41) is 3.10. The third-order valence-electron chi connectivity index (χ3n) is 5.10. The van der Waals surface area contributed by atoms with Gasteiger partial charge in [-0.3, -0.25) is 4.79 Å². The van der Waals surface area contributed by atoms with E-state index in [9.17, 15) is 4.79 Å². The number of carbonyl (C=O) groups is 1. The maximum absolute atomic E-state index is 12.4. The molecule has 7 heteroatoms. The molecule has 2 heterocycles. The average molecular weight is 347 g/mol. The second kappa shape index (κ2) is 7.56. The van der Waals surface area contributed by atoms with Crippen molar-refractivity contribution in [1.82, 2.24) is 20.2 Å². The average Bonchev–Trinajstić information content (AvgIpc) is 3.38. The molecule has 1 aliphatic heterocycles. The molecule has 1 aromatic rings. The number of carbonyl (C=O) groups excluding carboxylic acids is 1. The topological polar surface area (TPSA) is 93.4 Å². The fourth-order valence-electron chi connectivity index (χ4n) is 3.20. The number of nitrogens with one attached hydrogen (secondary N) is 1. The van der Waals surface area contributed by atoms with Gasteiger partial charge < -0.3 is 20.7 Å². The zero-order chi connectivity index (χ0) is 18.0. The van der Waals surface area contributed by atoms with Crippen molar-refractivity contribution >= 4 is 11.6 Å². The van der Waals surface area contributed by atoms with Crippen LogP contribution in [-0.2, 0) is 4.79 Å². The summed E-state index contributed by atoms with van der Waals surface area (Å²) in [7, 11) is 0. The Morgan fingerprint density at radius 2 is 1.84 bits per heavy atom. The van der Waals surface area contributed by atoms with Crippen LogP contribution < -0.4 is 15.8 Å². The molecule has 1 amide bonds. The van der Waals surface area contributed by atoms with E-state index in [2.05, 4.69) is 20.2 Å². The number of piperidine rings is 1. The Morgan fingerprint density at radius 1 is 1.24 bits per heavy atom. The molecule has 1 aromatic heterocycles. The van der Waals surface area contributed by atoms with Gasteiger partial charge in [-0.15, -0.1) is 0 Å². The number of ether oxygens (including phenoxy) is 1. The summed E-state index contributed by atoms with van der Waals surface area (Å²) < 4.78 is 5.62. The minimum Gasteiger partial charge on any atom is -0.450 e. The first kappa shape index (κ1) is 17.9. The van der Waals surface area contributed by atoms with Gasteiger partial charge in [-0.2, -0.15) is 9.97 Å². The van der Waals surface area contributed by atoms with Crippen molar-refractivity contribution < 1.29 is 9.53 Å². The Bertz CT molecular complexity index is 601. The first-order valence-electron chi connectivity index (χ1n) is 9.22. The van der Waals surface area contributed by atoms with E-state index < -0.39 is 6.10 Å². The summed E-state index contributed by atoms with van der Waals surface area (Å²) in [5.41, 5.74) is 7.73. The van der Waals surface area contributed by atoms with Gasteiger partial charge in [0.1, 0.15) is 0 Å². The monoisotopic (exact) mass is 347 g/mol. The van der Waals surface area contributed by atoms with E-state index in [0.717, 1.165) is 31.8 Å². The molecule has 1 unspecified atom stereocenters. The van der Waals surface area contributed by atoms with Crippen LogP contribution in [0.1, 0.15) is 44.0 Å². The summed E-state index contributed by atoms with van der Waals surface area (Å²) >= 11 is 0. The van der Waals surface area contributed by atoms with E-state index in [1.54, 1.807) is 20.8 Å². The number of nitrogen functional groups attached to an aromatic ring is 1. The van der Waals surface area contributed by atoms with Crippen molar-refractivity contribution in [3.05, 3.63) is 11.4 Å². The molecule has 1 saturated carbocycles. The highest BCUT2D eigenvalue weighted by Gasteiger charge is 2.28. The summed E-state index contributed by atoms with van der Waals surface area (Å²) in [5.74, 6) is 0.808. The van der Waals surface area contributed by atoms with E-state index in [1.807, 2.05) is 0 Å². The van der Waals surface area contributed by atoms with Crippen molar-refractivity contribution in [1.29, 1.82) is 0 Å². The SMILES string of the molecule is Cc1nc(OC(C)C(=O)NC2CCN(CC3CC3)CC2)nc(C)c1N. The molecular weight excluding hydrogens is 318 g/mol. The second-order valence-corrected chi connectivity index (χ2v) is 7.38. The standard InChI is InChI=1S/C18H29N5O2/c1-11-16(19)12(2)21-18(20-11)25-13(3)17(24)22-15-6-8-23(9-7-15)10-14-4-5-14/h13-15H,4-10,19H2,1-3H3,(H,22,24). The maximum atomic E-state index is 12.4. The number of aromatic nitrogens is 2. The first-order valence-corrected chi connectivity index (χ1v) is 9.22. The van der Waals surface area contributed by atoms with Crippen LogP contribution in [-0.4, -0.2) is 52.6 Å². The predicted molar refractivity (Wildman–Crippen MR) is 96.3 cm³/mol. The molecule has 138 valence electrons. The number of hydrogen-bond donors (Lipinski definition) is 2. The molecule has 2 aliphatic rings. The van der Waals surface area contributed by atoms with Crippen LogP contribution in [0.25, 0.3) is 0 Å². The molecule has 1 atom stereocenters. The number of likely N-dealkylation sites (tertiary alicyclic amines) is 1. The molecule has 1 saturated heterocycles. The Kier molecular flexibility index (Phi) is 5.42. The van der Waals surface area contributed by atoms with Crippen LogP contribution >= 0.6 is 0 Å². The van der Waals surface area contributed by atoms with Gasteiger partial charge in [-0.05, 0) is 52.4 Å². The van der Waals surface area contributed by atoms with Gasteiger partial charge in [0.15, 0.2) is 6.10 Å². The minimum absolute atomic E-state index is 0.114. The molecule has 3 N–H and O–H groups in total. The number of hydrogen-bond acceptors (Lipinski definition) is 6. The van der Waals surface area contributed by atoms with E-state index in [1.165, 1.54) is 19.4 Å². The largest absolute Gasteiger partial charge is 0.450 e. The number of aryl methyl sites for hydroxylation is 2. The lowest BCUT2D eigenvalue weighted by molar-refractivity contribution is -0.128. The van der Waals surface area contributed by atoms with Crippen LogP contribution in [0.4, 0.5) is 5.69 Å². The van der Waals surface area contributed by atoms with E-state index in [-0.39, 0.29) is 18.0 Å². The third-order valence-corrected chi connectivity index (χ3v) is 5.10. The molecule has 2 fully saturated rings. The highest BCUT2D eigenvalue weighted by Crippen LogP contribution is 2.30. The molecule has 0 radical (unpaired) electrons. The predicted octanol–water partition coefficient (Wildman–Crippen LogP) is 1.43. The van der Waals surface area contributed by atoms with Crippen LogP contribution in [0.2, 0.25) is 0 Å². The second-order valence-electron chi connectivity index (χ2n) is 7.38.